The Morgan fingerprint density at radius 2 is 1.56 bits per heavy atom. The molecule has 2 aliphatic rings. The van der Waals surface area contributed by atoms with Crippen molar-refractivity contribution in [3.05, 3.63) is 35.9 Å². The first-order valence-corrected chi connectivity index (χ1v) is 12.6. The number of nitrogens with one attached hydrogen (secondary N) is 1. The van der Waals surface area contributed by atoms with Crippen LogP contribution in [0.1, 0.15) is 33.3 Å². The number of aliphatic hydroxyl groups excluding tert-OH is 2. The van der Waals surface area contributed by atoms with Crippen LogP contribution in [0.5, 0.6) is 0 Å². The van der Waals surface area contributed by atoms with Crippen LogP contribution in [-0.2, 0) is 54.1 Å². The van der Waals surface area contributed by atoms with Crippen LogP contribution < -0.4 is 5.32 Å². The maximum atomic E-state index is 12.1. The van der Waals surface area contributed by atoms with E-state index < -0.39 is 85.8 Å². The lowest BCUT2D eigenvalue weighted by atomic mass is 9.95. The number of benzene rings is 1. The van der Waals surface area contributed by atoms with Crippen LogP contribution in [0.15, 0.2) is 30.3 Å². The predicted molar refractivity (Wildman–Crippen MR) is 132 cm³/mol. The van der Waals surface area contributed by atoms with Gasteiger partial charge in [-0.1, -0.05) is 30.3 Å². The second-order valence-electron chi connectivity index (χ2n) is 9.40. The van der Waals surface area contributed by atoms with E-state index in [-0.39, 0.29) is 6.61 Å². The van der Waals surface area contributed by atoms with E-state index in [0.717, 1.165) is 5.56 Å². The van der Waals surface area contributed by atoms with Gasteiger partial charge in [0, 0.05) is 27.9 Å². The maximum absolute atomic E-state index is 12.1. The number of esters is 2. The molecule has 3 N–H and O–H groups in total. The molecule has 39 heavy (non-hydrogen) atoms. The van der Waals surface area contributed by atoms with Gasteiger partial charge in [-0.05, 0) is 12.5 Å². The number of hydrogen-bond acceptors (Lipinski definition) is 12. The van der Waals surface area contributed by atoms with E-state index in [1.165, 1.54) is 27.9 Å². The molecule has 3 rings (SSSR count). The maximum Gasteiger partial charge on any atom is 0.303 e. The van der Waals surface area contributed by atoms with Crippen LogP contribution in [0.4, 0.5) is 0 Å². The summed E-state index contributed by atoms with van der Waals surface area (Å²) in [5, 5.41) is 23.5. The molecule has 0 radical (unpaired) electrons. The first kappa shape index (κ1) is 30.9. The normalized spacial score (nSPS) is 34.6. The van der Waals surface area contributed by atoms with E-state index in [2.05, 4.69) is 5.32 Å². The molecular formula is C26H37NO12. The van der Waals surface area contributed by atoms with E-state index in [1.54, 1.807) is 6.92 Å². The van der Waals surface area contributed by atoms with Gasteiger partial charge in [0.2, 0.25) is 5.91 Å². The number of carbonyl (C=O) groups excluding carboxylic acids is 3. The molecule has 218 valence electrons. The summed E-state index contributed by atoms with van der Waals surface area (Å²) in [6, 6.07) is 8.14. The van der Waals surface area contributed by atoms with Gasteiger partial charge < -0.3 is 48.7 Å². The van der Waals surface area contributed by atoms with Crippen molar-refractivity contribution >= 4 is 17.8 Å². The zero-order chi connectivity index (χ0) is 28.7. The SMILES string of the molecule is CO[C@H]1O[C@H](CO)[C@@H](O)[C@H](O[C@@H]2O[C@@H](C)[C@@H](OC(C)=O)[C@@H](OC(C)=O)[C@@H]2OCc2ccccc2)[C@H]1NC(C)=O. The van der Waals surface area contributed by atoms with Crippen molar-refractivity contribution in [2.24, 2.45) is 0 Å². The third-order valence-corrected chi connectivity index (χ3v) is 6.36. The van der Waals surface area contributed by atoms with E-state index in [4.69, 9.17) is 33.2 Å². The number of methoxy groups -OCH3 is 1. The highest BCUT2D eigenvalue weighted by atomic mass is 16.7. The molecule has 10 atom stereocenters. The molecular weight excluding hydrogens is 518 g/mol. The lowest BCUT2D eigenvalue weighted by Gasteiger charge is -2.48. The highest BCUT2D eigenvalue weighted by Crippen LogP contribution is 2.33. The standard InChI is InChI=1S/C26H37NO12/c1-13-21(36-15(3)30)23(37-16(4)31)24(34-12-17-9-7-6-8-10-17)26(35-13)39-22-19(27-14(2)29)25(33-5)38-18(11-28)20(22)32/h6-10,13,18-26,28,32H,11-12H2,1-5H3,(H,27,29)/t13-,18+,19+,20+,21+,22+,23+,24-,25-,26-/m0/s1. The van der Waals surface area contributed by atoms with Crippen molar-refractivity contribution in [2.75, 3.05) is 13.7 Å². The largest absolute Gasteiger partial charge is 0.456 e. The average molecular weight is 556 g/mol. The topological polar surface area (TPSA) is 168 Å². The van der Waals surface area contributed by atoms with Crippen LogP contribution >= 0.6 is 0 Å². The van der Waals surface area contributed by atoms with E-state index in [1.807, 2.05) is 30.3 Å². The number of rotatable bonds is 10. The molecule has 13 nitrogen and oxygen atoms in total. The van der Waals surface area contributed by atoms with Crippen molar-refractivity contribution < 1.29 is 57.8 Å². The third-order valence-electron chi connectivity index (χ3n) is 6.36. The summed E-state index contributed by atoms with van der Waals surface area (Å²) >= 11 is 0. The van der Waals surface area contributed by atoms with Crippen molar-refractivity contribution in [3.63, 3.8) is 0 Å². The van der Waals surface area contributed by atoms with Gasteiger partial charge >= 0.3 is 11.9 Å². The van der Waals surface area contributed by atoms with Crippen LogP contribution in [0, 0.1) is 0 Å². The molecule has 1 amide bonds. The Morgan fingerprint density at radius 3 is 2.13 bits per heavy atom. The zero-order valence-corrected chi connectivity index (χ0v) is 22.6. The summed E-state index contributed by atoms with van der Waals surface area (Å²) in [6.07, 6.45) is -10.3. The Balaban J connectivity index is 1.98. The number of aliphatic hydroxyl groups is 2. The zero-order valence-electron chi connectivity index (χ0n) is 22.6. The summed E-state index contributed by atoms with van der Waals surface area (Å²) in [5.41, 5.74) is 0.794. The summed E-state index contributed by atoms with van der Waals surface area (Å²) in [6.45, 7) is 4.80. The molecule has 2 saturated heterocycles. The Morgan fingerprint density at radius 1 is 0.923 bits per heavy atom. The Hall–Kier alpha value is -2.65. The fraction of sp³-hybridized carbons (Fsp3) is 0.654. The first-order valence-electron chi connectivity index (χ1n) is 12.6. The molecule has 0 bridgehead atoms. The fourth-order valence-electron chi connectivity index (χ4n) is 4.68. The van der Waals surface area contributed by atoms with E-state index in [9.17, 15) is 24.6 Å². The number of amides is 1. The van der Waals surface area contributed by atoms with Crippen LogP contribution in [0.25, 0.3) is 0 Å². The number of hydrogen-bond donors (Lipinski definition) is 3. The van der Waals surface area contributed by atoms with Crippen molar-refractivity contribution in [2.45, 2.75) is 95.7 Å². The van der Waals surface area contributed by atoms with Crippen molar-refractivity contribution in [3.8, 4) is 0 Å². The molecule has 2 heterocycles. The third kappa shape index (κ3) is 7.94. The minimum atomic E-state index is -1.43. The van der Waals surface area contributed by atoms with E-state index in [0.29, 0.717) is 0 Å². The summed E-state index contributed by atoms with van der Waals surface area (Å²) in [7, 11) is 1.34. The molecule has 0 aliphatic carbocycles. The Bertz CT molecular complexity index is 962. The van der Waals surface area contributed by atoms with Crippen molar-refractivity contribution in [1.29, 1.82) is 0 Å². The smallest absolute Gasteiger partial charge is 0.303 e. The van der Waals surface area contributed by atoms with Gasteiger partial charge in [0.05, 0.1) is 19.3 Å². The number of carbonyl (C=O) groups is 3. The van der Waals surface area contributed by atoms with Gasteiger partial charge in [-0.3, -0.25) is 14.4 Å². The molecule has 0 spiro atoms. The molecule has 2 aliphatic heterocycles. The van der Waals surface area contributed by atoms with Gasteiger partial charge in [0.15, 0.2) is 24.8 Å². The van der Waals surface area contributed by atoms with Gasteiger partial charge in [-0.25, -0.2) is 0 Å². The average Bonchev–Trinajstić information content (AvgIpc) is 2.88. The van der Waals surface area contributed by atoms with Crippen LogP contribution in [-0.4, -0.2) is 103 Å². The first-order chi connectivity index (χ1) is 18.5. The number of ether oxygens (including phenoxy) is 7. The summed E-state index contributed by atoms with van der Waals surface area (Å²) in [5.74, 6) is -1.72. The monoisotopic (exact) mass is 555 g/mol. The molecule has 1 aromatic carbocycles. The highest BCUT2D eigenvalue weighted by Gasteiger charge is 2.54. The van der Waals surface area contributed by atoms with Gasteiger partial charge in [-0.2, -0.15) is 0 Å². The molecule has 0 aromatic heterocycles. The van der Waals surface area contributed by atoms with E-state index >= 15 is 0 Å². The fourth-order valence-corrected chi connectivity index (χ4v) is 4.68. The van der Waals surface area contributed by atoms with Gasteiger partial charge in [0.1, 0.15) is 30.5 Å². The molecule has 0 saturated carbocycles. The summed E-state index contributed by atoms with van der Waals surface area (Å²) in [4.78, 5) is 36.0. The molecule has 1 aromatic rings. The summed E-state index contributed by atoms with van der Waals surface area (Å²) < 4.78 is 40.4. The minimum absolute atomic E-state index is 0.0546. The molecule has 2 fully saturated rings. The highest BCUT2D eigenvalue weighted by molar-refractivity contribution is 5.73. The quantitative estimate of drug-likeness (QED) is 0.326. The lowest BCUT2D eigenvalue weighted by molar-refractivity contribution is -0.346. The molecule has 0 unspecified atom stereocenters. The van der Waals surface area contributed by atoms with Gasteiger partial charge in [-0.15, -0.1) is 0 Å². The van der Waals surface area contributed by atoms with Crippen molar-refractivity contribution in [1.82, 2.24) is 5.32 Å². The minimum Gasteiger partial charge on any atom is -0.456 e. The predicted octanol–water partition coefficient (Wildman–Crippen LogP) is -0.206. The Kier molecular flexibility index (Phi) is 11.2. The van der Waals surface area contributed by atoms with Crippen LogP contribution in [0.2, 0.25) is 0 Å². The second kappa shape index (κ2) is 14.1. The Labute approximate surface area is 226 Å². The van der Waals surface area contributed by atoms with Gasteiger partial charge in [0.25, 0.3) is 0 Å². The van der Waals surface area contributed by atoms with Crippen LogP contribution in [0.3, 0.4) is 0 Å². The second-order valence-corrected chi connectivity index (χ2v) is 9.40. The molecule has 13 heteroatoms. The lowest BCUT2D eigenvalue weighted by Crippen LogP contribution is -2.68.